The molecule has 0 unspecified atom stereocenters. The minimum Gasteiger partial charge on any atom is -0.343 e. The smallest absolute Gasteiger partial charge is 0.222 e. The normalized spacial score (nSPS) is 21.5. The summed E-state index contributed by atoms with van der Waals surface area (Å²) >= 11 is 0. The lowest BCUT2D eigenvalue weighted by Gasteiger charge is -2.32. The number of rotatable bonds is 6. The molecule has 0 spiro atoms. The summed E-state index contributed by atoms with van der Waals surface area (Å²) in [7, 11) is 0. The molecular weight excluding hydrogens is 352 g/mol. The molecule has 1 saturated heterocycles. The largest absolute Gasteiger partial charge is 0.343 e. The predicted molar refractivity (Wildman–Crippen MR) is 105 cm³/mol. The third-order valence-electron chi connectivity index (χ3n) is 6.72. The van der Waals surface area contributed by atoms with E-state index in [2.05, 4.69) is 24.8 Å². The Hall–Kier alpha value is -2.18. The van der Waals surface area contributed by atoms with Crippen LogP contribution in [0.5, 0.6) is 0 Å². The van der Waals surface area contributed by atoms with E-state index < -0.39 is 0 Å². The number of likely N-dealkylation sites (tertiary alicyclic amines) is 1. The van der Waals surface area contributed by atoms with Crippen molar-refractivity contribution in [2.75, 3.05) is 13.1 Å². The lowest BCUT2D eigenvalue weighted by molar-refractivity contribution is -0.133. The Morgan fingerprint density at radius 1 is 1.04 bits per heavy atom. The van der Waals surface area contributed by atoms with Crippen LogP contribution < -0.4 is 0 Å². The molecule has 3 heterocycles. The molecule has 28 heavy (non-hydrogen) atoms. The number of hydrogen-bond acceptors (Lipinski definition) is 4. The summed E-state index contributed by atoms with van der Waals surface area (Å²) in [6.07, 6.45) is 14.1. The van der Waals surface area contributed by atoms with Gasteiger partial charge >= 0.3 is 0 Å². The lowest BCUT2D eigenvalue weighted by atomic mass is 9.94. The second-order valence-electron chi connectivity index (χ2n) is 8.79. The van der Waals surface area contributed by atoms with Gasteiger partial charge in [0, 0.05) is 43.9 Å². The van der Waals surface area contributed by atoms with Crippen molar-refractivity contribution in [3.8, 4) is 0 Å². The van der Waals surface area contributed by atoms with Crippen molar-refractivity contribution in [3.63, 3.8) is 0 Å². The summed E-state index contributed by atoms with van der Waals surface area (Å²) in [5.74, 6) is 3.56. The molecule has 0 bridgehead atoms. The first-order valence-electron chi connectivity index (χ1n) is 11.0. The molecule has 0 radical (unpaired) electrons. The van der Waals surface area contributed by atoms with Crippen LogP contribution in [-0.4, -0.2) is 48.4 Å². The van der Waals surface area contributed by atoms with E-state index in [-0.39, 0.29) is 0 Å². The number of amides is 1. The number of carbonyl (C=O) groups is 1. The molecule has 1 amide bonds. The Labute approximate surface area is 166 Å². The lowest BCUT2D eigenvalue weighted by Crippen LogP contribution is -2.39. The molecule has 150 valence electrons. The van der Waals surface area contributed by atoms with Crippen molar-refractivity contribution < 1.29 is 4.79 Å². The first kappa shape index (κ1) is 17.9. The fraction of sp³-hybridized carbons (Fsp3) is 0.714. The zero-order valence-electron chi connectivity index (χ0n) is 16.5. The van der Waals surface area contributed by atoms with E-state index in [0.29, 0.717) is 30.3 Å². The molecule has 2 aliphatic carbocycles. The van der Waals surface area contributed by atoms with Gasteiger partial charge in [0.25, 0.3) is 0 Å². The van der Waals surface area contributed by atoms with E-state index in [1.165, 1.54) is 38.5 Å². The van der Waals surface area contributed by atoms with Crippen molar-refractivity contribution in [2.24, 2.45) is 5.92 Å². The molecule has 2 aromatic heterocycles. The van der Waals surface area contributed by atoms with Gasteiger partial charge in [0.1, 0.15) is 12.4 Å². The minimum absolute atomic E-state index is 0.369. The second-order valence-corrected chi connectivity index (χ2v) is 8.79. The summed E-state index contributed by atoms with van der Waals surface area (Å²) in [6.45, 7) is 2.40. The van der Waals surface area contributed by atoms with Gasteiger partial charge in [-0.05, 0) is 50.5 Å². The number of aromatic nitrogens is 5. The van der Waals surface area contributed by atoms with E-state index in [1.54, 1.807) is 6.20 Å². The van der Waals surface area contributed by atoms with Crippen LogP contribution in [0.15, 0.2) is 18.5 Å². The van der Waals surface area contributed by atoms with Crippen LogP contribution in [0.25, 0.3) is 0 Å². The Balaban J connectivity index is 1.23. The highest BCUT2D eigenvalue weighted by Gasteiger charge is 2.34. The van der Waals surface area contributed by atoms with Crippen LogP contribution in [-0.2, 0) is 11.3 Å². The molecule has 2 saturated carbocycles. The standard InChI is InChI=1S/C21H30N6O/c28-20(14-16-4-1-2-5-16)25-12-8-17(9-13-25)21-24-23-19(27(21)18-6-7-18)15-26-11-3-10-22-26/h3,10-11,16-18H,1-2,4-9,12-15H2. The molecule has 3 aliphatic rings. The van der Waals surface area contributed by atoms with E-state index in [9.17, 15) is 4.79 Å². The Morgan fingerprint density at radius 3 is 2.50 bits per heavy atom. The third kappa shape index (κ3) is 3.71. The SMILES string of the molecule is O=C(CC1CCCC1)N1CCC(c2nnc(Cn3cccn3)n2C2CC2)CC1. The highest BCUT2D eigenvalue weighted by atomic mass is 16.2. The number of hydrogen-bond donors (Lipinski definition) is 0. The average molecular weight is 383 g/mol. The van der Waals surface area contributed by atoms with Gasteiger partial charge in [-0.1, -0.05) is 12.8 Å². The molecule has 1 aliphatic heterocycles. The molecule has 5 rings (SSSR count). The van der Waals surface area contributed by atoms with Crippen LogP contribution in [0.1, 0.15) is 81.4 Å². The van der Waals surface area contributed by atoms with E-state index in [4.69, 9.17) is 0 Å². The second kappa shape index (κ2) is 7.68. The van der Waals surface area contributed by atoms with Gasteiger partial charge < -0.3 is 9.47 Å². The summed E-state index contributed by atoms with van der Waals surface area (Å²) in [4.78, 5) is 14.7. The Morgan fingerprint density at radius 2 is 1.82 bits per heavy atom. The van der Waals surface area contributed by atoms with Gasteiger partial charge in [-0.3, -0.25) is 9.48 Å². The number of piperidine rings is 1. The topological polar surface area (TPSA) is 68.8 Å². The van der Waals surface area contributed by atoms with Crippen molar-refractivity contribution in [3.05, 3.63) is 30.1 Å². The van der Waals surface area contributed by atoms with Crippen molar-refractivity contribution in [1.29, 1.82) is 0 Å². The van der Waals surface area contributed by atoms with Gasteiger partial charge in [-0.2, -0.15) is 5.10 Å². The molecule has 7 heteroatoms. The van der Waals surface area contributed by atoms with Crippen LogP contribution in [0.3, 0.4) is 0 Å². The van der Waals surface area contributed by atoms with Crippen LogP contribution in [0.2, 0.25) is 0 Å². The maximum atomic E-state index is 12.6. The van der Waals surface area contributed by atoms with E-state index >= 15 is 0 Å². The molecule has 7 nitrogen and oxygen atoms in total. The van der Waals surface area contributed by atoms with Gasteiger partial charge in [0.2, 0.25) is 5.91 Å². The highest BCUT2D eigenvalue weighted by Crippen LogP contribution is 2.40. The summed E-state index contributed by atoms with van der Waals surface area (Å²) < 4.78 is 4.29. The van der Waals surface area contributed by atoms with Crippen LogP contribution in [0.4, 0.5) is 0 Å². The van der Waals surface area contributed by atoms with E-state index in [0.717, 1.165) is 44.0 Å². The summed E-state index contributed by atoms with van der Waals surface area (Å²) in [6, 6.07) is 2.49. The first-order chi connectivity index (χ1) is 13.8. The van der Waals surface area contributed by atoms with Crippen molar-refractivity contribution in [2.45, 2.75) is 76.3 Å². The number of carbonyl (C=O) groups excluding carboxylic acids is 1. The van der Waals surface area contributed by atoms with Gasteiger partial charge in [-0.15, -0.1) is 10.2 Å². The fourth-order valence-electron chi connectivity index (χ4n) is 4.97. The van der Waals surface area contributed by atoms with Crippen LogP contribution in [0, 0.1) is 5.92 Å². The monoisotopic (exact) mass is 382 g/mol. The minimum atomic E-state index is 0.369. The molecule has 0 atom stereocenters. The van der Waals surface area contributed by atoms with Crippen LogP contribution >= 0.6 is 0 Å². The van der Waals surface area contributed by atoms with Crippen molar-refractivity contribution in [1.82, 2.24) is 29.4 Å². The van der Waals surface area contributed by atoms with Crippen molar-refractivity contribution >= 4 is 5.91 Å². The predicted octanol–water partition coefficient (Wildman–Crippen LogP) is 3.14. The number of nitrogens with zero attached hydrogens (tertiary/aromatic N) is 6. The van der Waals surface area contributed by atoms with Gasteiger partial charge in [0.15, 0.2) is 5.82 Å². The maximum Gasteiger partial charge on any atom is 0.222 e. The molecule has 2 aromatic rings. The molecule has 3 fully saturated rings. The zero-order valence-corrected chi connectivity index (χ0v) is 16.5. The maximum absolute atomic E-state index is 12.6. The average Bonchev–Trinajstić information content (AvgIpc) is 3.11. The zero-order chi connectivity index (χ0) is 18.9. The fourth-order valence-corrected chi connectivity index (χ4v) is 4.97. The summed E-state index contributed by atoms with van der Waals surface area (Å²) in [5, 5.41) is 13.4. The molecule has 0 aromatic carbocycles. The van der Waals surface area contributed by atoms with Gasteiger partial charge in [0.05, 0.1) is 0 Å². The van der Waals surface area contributed by atoms with E-state index in [1.807, 2.05) is 16.9 Å². The summed E-state index contributed by atoms with van der Waals surface area (Å²) in [5.41, 5.74) is 0. The molecular formula is C21H30N6O. The van der Waals surface area contributed by atoms with Gasteiger partial charge in [-0.25, -0.2) is 0 Å². The third-order valence-corrected chi connectivity index (χ3v) is 6.72. The Kier molecular flexibility index (Phi) is 4.91. The molecule has 0 N–H and O–H groups in total. The first-order valence-corrected chi connectivity index (χ1v) is 11.0. The highest BCUT2D eigenvalue weighted by molar-refractivity contribution is 5.76. The quantitative estimate of drug-likeness (QED) is 0.770. The Bertz CT molecular complexity index is 795.